The number of nitrogens with zero attached hydrogens (tertiary/aromatic N) is 2. The Morgan fingerprint density at radius 1 is 1.25 bits per heavy atom. The third-order valence-corrected chi connectivity index (χ3v) is 5.51. The summed E-state index contributed by atoms with van der Waals surface area (Å²) in [5.74, 6) is -1.29. The van der Waals surface area contributed by atoms with Gasteiger partial charge in [-0.05, 0) is 37.3 Å². The van der Waals surface area contributed by atoms with Crippen LogP contribution in [0.15, 0.2) is 30.5 Å². The van der Waals surface area contributed by atoms with E-state index >= 15 is 0 Å². The van der Waals surface area contributed by atoms with Crippen molar-refractivity contribution in [2.75, 3.05) is 18.5 Å². The summed E-state index contributed by atoms with van der Waals surface area (Å²) >= 11 is 0. The number of hydrogen-bond donors (Lipinski definition) is 3. The zero-order valence-corrected chi connectivity index (χ0v) is 15.3. The molecule has 2 aliphatic rings. The van der Waals surface area contributed by atoms with Crippen LogP contribution < -0.4 is 5.32 Å². The number of aliphatic hydroxyl groups is 1. The standard InChI is InChI=1S/C20H22FN3O4/c21-16-9-22-19(23-15-6-4-12(5-7-15)18(25)26)24-17(16)13-2-1-3-14(8-13)20(27)10-28-11-20/h1-3,8-9,12,15,27H,4-7,10-11H2,(H,25,26)(H,22,23,24). The lowest BCUT2D eigenvalue weighted by atomic mass is 9.86. The Labute approximate surface area is 161 Å². The molecule has 1 aliphatic carbocycles. The van der Waals surface area contributed by atoms with Crippen molar-refractivity contribution < 1.29 is 24.1 Å². The number of hydrogen-bond acceptors (Lipinski definition) is 6. The molecule has 0 amide bonds. The van der Waals surface area contributed by atoms with Crippen molar-refractivity contribution in [1.29, 1.82) is 0 Å². The third kappa shape index (κ3) is 3.70. The molecule has 7 nitrogen and oxygen atoms in total. The van der Waals surface area contributed by atoms with E-state index in [1.165, 1.54) is 0 Å². The maximum atomic E-state index is 14.4. The second-order valence-corrected chi connectivity index (χ2v) is 7.53. The van der Waals surface area contributed by atoms with E-state index < -0.39 is 17.4 Å². The molecule has 2 fully saturated rings. The lowest BCUT2D eigenvalue weighted by Gasteiger charge is -2.36. The average molecular weight is 387 g/mol. The van der Waals surface area contributed by atoms with Gasteiger partial charge in [0, 0.05) is 11.6 Å². The minimum atomic E-state index is -1.04. The molecule has 0 spiro atoms. The Morgan fingerprint density at radius 3 is 2.64 bits per heavy atom. The van der Waals surface area contributed by atoms with Crippen LogP contribution in [-0.4, -0.2) is 45.4 Å². The highest BCUT2D eigenvalue weighted by molar-refractivity contribution is 5.70. The molecule has 1 saturated heterocycles. The van der Waals surface area contributed by atoms with Crippen LogP contribution in [0.3, 0.4) is 0 Å². The van der Waals surface area contributed by atoms with Gasteiger partial charge >= 0.3 is 5.97 Å². The minimum absolute atomic E-state index is 0.0630. The number of benzene rings is 1. The first-order valence-electron chi connectivity index (χ1n) is 9.37. The molecule has 2 aromatic rings. The van der Waals surface area contributed by atoms with Gasteiger partial charge < -0.3 is 20.3 Å². The van der Waals surface area contributed by atoms with E-state index in [4.69, 9.17) is 9.84 Å². The fourth-order valence-electron chi connectivity index (χ4n) is 3.72. The lowest BCUT2D eigenvalue weighted by molar-refractivity contribution is -0.184. The Kier molecular flexibility index (Phi) is 4.99. The number of aromatic nitrogens is 2. The molecule has 8 heteroatoms. The van der Waals surface area contributed by atoms with Gasteiger partial charge in [0.2, 0.25) is 5.95 Å². The summed E-state index contributed by atoms with van der Waals surface area (Å²) in [6.07, 6.45) is 3.74. The number of rotatable bonds is 5. The number of anilines is 1. The molecule has 0 bridgehead atoms. The Bertz CT molecular complexity index is 880. The SMILES string of the molecule is O=C(O)C1CCC(Nc2ncc(F)c(-c3cccc(C4(O)COC4)c3)n2)CC1. The second kappa shape index (κ2) is 7.44. The van der Waals surface area contributed by atoms with Gasteiger partial charge in [0.1, 0.15) is 11.3 Å². The maximum Gasteiger partial charge on any atom is 0.306 e. The molecule has 148 valence electrons. The highest BCUT2D eigenvalue weighted by Crippen LogP contribution is 2.32. The number of carboxylic acid groups (broad SMARTS) is 1. The smallest absolute Gasteiger partial charge is 0.306 e. The summed E-state index contributed by atoms with van der Waals surface area (Å²) in [6.45, 7) is 0.434. The first kappa shape index (κ1) is 18.8. The van der Waals surface area contributed by atoms with E-state index in [-0.39, 0.29) is 30.9 Å². The molecule has 4 rings (SSSR count). The van der Waals surface area contributed by atoms with Gasteiger partial charge in [-0.15, -0.1) is 0 Å². The van der Waals surface area contributed by atoms with Crippen molar-refractivity contribution in [3.63, 3.8) is 0 Å². The molecule has 1 aliphatic heterocycles. The topological polar surface area (TPSA) is 105 Å². The quantitative estimate of drug-likeness (QED) is 0.724. The number of aliphatic carboxylic acids is 1. The van der Waals surface area contributed by atoms with E-state index in [1.54, 1.807) is 24.3 Å². The van der Waals surface area contributed by atoms with Crippen LogP contribution in [0.2, 0.25) is 0 Å². The number of nitrogens with one attached hydrogen (secondary N) is 1. The van der Waals surface area contributed by atoms with E-state index in [0.717, 1.165) is 6.20 Å². The van der Waals surface area contributed by atoms with Gasteiger partial charge in [0.25, 0.3) is 0 Å². The van der Waals surface area contributed by atoms with E-state index in [0.29, 0.717) is 42.8 Å². The molecular formula is C20H22FN3O4. The maximum absolute atomic E-state index is 14.4. The molecule has 2 heterocycles. The number of carbonyl (C=O) groups is 1. The largest absolute Gasteiger partial charge is 0.481 e. The van der Waals surface area contributed by atoms with Gasteiger partial charge in [-0.2, -0.15) is 0 Å². The van der Waals surface area contributed by atoms with Crippen molar-refractivity contribution in [2.45, 2.75) is 37.3 Å². The van der Waals surface area contributed by atoms with Crippen LogP contribution in [0.4, 0.5) is 10.3 Å². The second-order valence-electron chi connectivity index (χ2n) is 7.53. The van der Waals surface area contributed by atoms with Gasteiger partial charge in [-0.25, -0.2) is 14.4 Å². The van der Waals surface area contributed by atoms with Crippen LogP contribution in [0.25, 0.3) is 11.3 Å². The highest BCUT2D eigenvalue weighted by atomic mass is 19.1. The molecule has 0 unspecified atom stereocenters. The van der Waals surface area contributed by atoms with Gasteiger partial charge in [0.05, 0.1) is 25.3 Å². The van der Waals surface area contributed by atoms with Gasteiger partial charge in [-0.3, -0.25) is 4.79 Å². The monoisotopic (exact) mass is 387 g/mol. The van der Waals surface area contributed by atoms with Gasteiger partial charge in [-0.1, -0.05) is 18.2 Å². The average Bonchev–Trinajstić information content (AvgIpc) is 2.68. The molecule has 28 heavy (non-hydrogen) atoms. The molecule has 1 aromatic heterocycles. The number of halogens is 1. The fourth-order valence-corrected chi connectivity index (χ4v) is 3.72. The lowest BCUT2D eigenvalue weighted by Crippen LogP contribution is -2.46. The summed E-state index contributed by atoms with van der Waals surface area (Å²) in [7, 11) is 0. The zero-order chi connectivity index (χ0) is 19.7. The fraction of sp³-hybridized carbons (Fsp3) is 0.450. The van der Waals surface area contributed by atoms with Crippen molar-refractivity contribution in [2.24, 2.45) is 5.92 Å². The molecular weight excluding hydrogens is 365 g/mol. The van der Waals surface area contributed by atoms with E-state index in [1.807, 2.05) is 0 Å². The number of carboxylic acids is 1. The van der Waals surface area contributed by atoms with Crippen molar-refractivity contribution in [3.05, 3.63) is 41.8 Å². The Hall–Kier alpha value is -2.58. The minimum Gasteiger partial charge on any atom is -0.481 e. The summed E-state index contributed by atoms with van der Waals surface area (Å²) in [4.78, 5) is 19.4. The van der Waals surface area contributed by atoms with Crippen molar-refractivity contribution in [3.8, 4) is 11.3 Å². The Balaban J connectivity index is 1.52. The first-order chi connectivity index (χ1) is 13.4. The summed E-state index contributed by atoms with van der Waals surface area (Å²) in [5, 5.41) is 22.7. The van der Waals surface area contributed by atoms with Crippen LogP contribution >= 0.6 is 0 Å². The van der Waals surface area contributed by atoms with E-state index in [9.17, 15) is 14.3 Å². The number of ether oxygens (including phenoxy) is 1. The zero-order valence-electron chi connectivity index (χ0n) is 15.3. The van der Waals surface area contributed by atoms with Crippen molar-refractivity contribution >= 4 is 11.9 Å². The summed E-state index contributed by atoms with van der Waals surface area (Å²) in [5.41, 5.74) is 0.331. The van der Waals surface area contributed by atoms with Crippen LogP contribution in [0.5, 0.6) is 0 Å². The Morgan fingerprint density at radius 2 is 2.00 bits per heavy atom. The summed E-state index contributed by atoms with van der Waals surface area (Å²) < 4.78 is 19.5. The third-order valence-electron chi connectivity index (χ3n) is 5.51. The van der Waals surface area contributed by atoms with Crippen molar-refractivity contribution in [1.82, 2.24) is 9.97 Å². The molecule has 0 radical (unpaired) electrons. The summed E-state index contributed by atoms with van der Waals surface area (Å²) in [6, 6.07) is 7.05. The molecule has 0 atom stereocenters. The first-order valence-corrected chi connectivity index (χ1v) is 9.37. The molecule has 3 N–H and O–H groups in total. The van der Waals surface area contributed by atoms with Crippen LogP contribution in [-0.2, 0) is 15.1 Å². The predicted octanol–water partition coefficient (Wildman–Crippen LogP) is 2.56. The predicted molar refractivity (Wildman–Crippen MR) is 99.1 cm³/mol. The van der Waals surface area contributed by atoms with E-state index in [2.05, 4.69) is 15.3 Å². The normalized spacial score (nSPS) is 23.6. The van der Waals surface area contributed by atoms with Crippen LogP contribution in [0.1, 0.15) is 31.2 Å². The highest BCUT2D eigenvalue weighted by Gasteiger charge is 2.38. The molecule has 1 aromatic carbocycles. The molecule has 1 saturated carbocycles. The van der Waals surface area contributed by atoms with Gasteiger partial charge in [0.15, 0.2) is 5.82 Å². The van der Waals surface area contributed by atoms with Crippen LogP contribution in [0, 0.1) is 11.7 Å².